The Morgan fingerprint density at radius 2 is 1.83 bits per heavy atom. The molecule has 2 aromatic carbocycles. The highest BCUT2D eigenvalue weighted by Crippen LogP contribution is 2.28. The summed E-state index contributed by atoms with van der Waals surface area (Å²) >= 11 is 1.71. The zero-order valence-electron chi connectivity index (χ0n) is 17.3. The first-order chi connectivity index (χ1) is 14.6. The molecule has 0 saturated carbocycles. The van der Waals surface area contributed by atoms with E-state index >= 15 is 0 Å². The van der Waals surface area contributed by atoms with E-state index in [1.807, 2.05) is 31.2 Å². The van der Waals surface area contributed by atoms with Crippen LogP contribution in [0.5, 0.6) is 0 Å². The van der Waals surface area contributed by atoms with Gasteiger partial charge in [0.2, 0.25) is 0 Å². The van der Waals surface area contributed by atoms with Crippen molar-refractivity contribution in [3.63, 3.8) is 0 Å². The summed E-state index contributed by atoms with van der Waals surface area (Å²) in [6.45, 7) is 4.49. The lowest BCUT2D eigenvalue weighted by atomic mass is 10.00. The van der Waals surface area contributed by atoms with Gasteiger partial charge in [0.25, 0.3) is 0 Å². The van der Waals surface area contributed by atoms with Gasteiger partial charge in [-0.1, -0.05) is 54.1 Å². The standard InChI is InChI=1S/C25H24N2O2S/c1-16-10-12-18(13-11-16)24(22-9-6-14-30-22)26-15-21-23(25(28)29-3)17(2)19-7-4-5-8-20(19)27-21/h4-14,24,26H,15H2,1-3H3/t24-/m0/s1. The van der Waals surface area contributed by atoms with Crippen LogP contribution in [0.2, 0.25) is 0 Å². The fraction of sp³-hybridized carbons (Fsp3) is 0.200. The summed E-state index contributed by atoms with van der Waals surface area (Å²) in [7, 11) is 1.41. The maximum Gasteiger partial charge on any atom is 0.340 e. The quantitative estimate of drug-likeness (QED) is 0.417. The molecule has 1 atom stereocenters. The number of rotatable bonds is 6. The molecule has 0 aliphatic heterocycles. The van der Waals surface area contributed by atoms with E-state index < -0.39 is 0 Å². The second kappa shape index (κ2) is 8.78. The molecule has 1 N–H and O–H groups in total. The molecule has 0 spiro atoms. The highest BCUT2D eigenvalue weighted by atomic mass is 32.1. The molecule has 0 radical (unpaired) electrons. The monoisotopic (exact) mass is 416 g/mol. The number of fused-ring (bicyclic) bond motifs is 1. The van der Waals surface area contributed by atoms with Crippen molar-refractivity contribution in [3.8, 4) is 0 Å². The number of ether oxygens (including phenoxy) is 1. The van der Waals surface area contributed by atoms with Gasteiger partial charge < -0.3 is 4.74 Å². The maximum atomic E-state index is 12.6. The second-order valence-electron chi connectivity index (χ2n) is 7.31. The zero-order valence-corrected chi connectivity index (χ0v) is 18.1. The van der Waals surface area contributed by atoms with Gasteiger partial charge in [-0.2, -0.15) is 0 Å². The average molecular weight is 417 g/mol. The number of hydrogen-bond acceptors (Lipinski definition) is 5. The van der Waals surface area contributed by atoms with Gasteiger partial charge in [0.1, 0.15) is 0 Å². The summed E-state index contributed by atoms with van der Waals surface area (Å²) in [6.07, 6.45) is 0. The molecular formula is C25H24N2O2S. The fourth-order valence-corrected chi connectivity index (χ4v) is 4.56. The summed E-state index contributed by atoms with van der Waals surface area (Å²) in [5, 5.41) is 6.67. The number of esters is 1. The Hall–Kier alpha value is -3.02. The van der Waals surface area contributed by atoms with Crippen molar-refractivity contribution in [1.82, 2.24) is 10.3 Å². The lowest BCUT2D eigenvalue weighted by Gasteiger charge is -2.20. The number of pyridine rings is 1. The maximum absolute atomic E-state index is 12.6. The van der Waals surface area contributed by atoms with Gasteiger partial charge in [0.15, 0.2) is 0 Å². The highest BCUT2D eigenvalue weighted by molar-refractivity contribution is 7.10. The molecule has 2 aromatic heterocycles. The molecule has 4 aromatic rings. The van der Waals surface area contributed by atoms with E-state index in [2.05, 4.69) is 54.0 Å². The van der Waals surface area contributed by atoms with Crippen molar-refractivity contribution < 1.29 is 9.53 Å². The lowest BCUT2D eigenvalue weighted by molar-refractivity contribution is 0.0598. The Labute approximate surface area is 180 Å². The lowest BCUT2D eigenvalue weighted by Crippen LogP contribution is -2.24. The van der Waals surface area contributed by atoms with Crippen LogP contribution < -0.4 is 5.32 Å². The Morgan fingerprint density at radius 3 is 2.53 bits per heavy atom. The van der Waals surface area contributed by atoms with Crippen molar-refractivity contribution in [3.05, 3.63) is 98.9 Å². The molecule has 4 rings (SSSR count). The third-order valence-electron chi connectivity index (χ3n) is 5.33. The van der Waals surface area contributed by atoms with Crippen LogP contribution >= 0.6 is 11.3 Å². The summed E-state index contributed by atoms with van der Waals surface area (Å²) in [4.78, 5) is 18.6. The summed E-state index contributed by atoms with van der Waals surface area (Å²) in [5.41, 5.74) is 5.42. The first-order valence-electron chi connectivity index (χ1n) is 9.88. The number of para-hydroxylation sites is 1. The molecule has 0 amide bonds. The van der Waals surface area contributed by atoms with Gasteiger partial charge >= 0.3 is 5.97 Å². The number of aromatic nitrogens is 1. The molecule has 0 unspecified atom stereocenters. The minimum absolute atomic E-state index is 0.0182. The van der Waals surface area contributed by atoms with Crippen molar-refractivity contribution >= 4 is 28.2 Å². The third kappa shape index (κ3) is 3.99. The molecule has 4 nitrogen and oxygen atoms in total. The van der Waals surface area contributed by atoms with Crippen molar-refractivity contribution in [1.29, 1.82) is 0 Å². The van der Waals surface area contributed by atoms with E-state index in [1.54, 1.807) is 11.3 Å². The number of carbonyl (C=O) groups is 1. The van der Waals surface area contributed by atoms with Gasteiger partial charge in [-0.15, -0.1) is 11.3 Å². The molecular weight excluding hydrogens is 392 g/mol. The largest absolute Gasteiger partial charge is 0.465 e. The topological polar surface area (TPSA) is 51.2 Å². The van der Waals surface area contributed by atoms with Crippen molar-refractivity contribution in [2.75, 3.05) is 7.11 Å². The summed E-state index contributed by atoms with van der Waals surface area (Å²) < 4.78 is 5.08. The first-order valence-corrected chi connectivity index (χ1v) is 10.8. The van der Waals surface area contributed by atoms with Crippen LogP contribution in [0.1, 0.15) is 43.7 Å². The number of carbonyl (C=O) groups excluding carboxylic acids is 1. The molecule has 0 bridgehead atoms. The van der Waals surface area contributed by atoms with Crippen LogP contribution in [-0.2, 0) is 11.3 Å². The number of aryl methyl sites for hydroxylation is 2. The van der Waals surface area contributed by atoms with E-state index in [9.17, 15) is 4.79 Å². The summed E-state index contributed by atoms with van der Waals surface area (Å²) in [5.74, 6) is -0.356. The molecule has 2 heterocycles. The molecule has 30 heavy (non-hydrogen) atoms. The molecule has 152 valence electrons. The van der Waals surface area contributed by atoms with Crippen LogP contribution in [0.25, 0.3) is 10.9 Å². The second-order valence-corrected chi connectivity index (χ2v) is 8.29. The van der Waals surface area contributed by atoms with Crippen molar-refractivity contribution in [2.24, 2.45) is 0 Å². The molecule has 5 heteroatoms. The van der Waals surface area contributed by atoms with E-state index in [-0.39, 0.29) is 12.0 Å². The highest BCUT2D eigenvalue weighted by Gasteiger charge is 2.21. The average Bonchev–Trinajstić information content (AvgIpc) is 3.29. The summed E-state index contributed by atoms with van der Waals surface area (Å²) in [6, 6.07) is 20.6. The number of thiophene rings is 1. The number of benzene rings is 2. The minimum Gasteiger partial charge on any atom is -0.465 e. The number of hydrogen-bond donors (Lipinski definition) is 1. The predicted octanol–water partition coefficient (Wildman–Crippen LogP) is 5.58. The smallest absolute Gasteiger partial charge is 0.340 e. The fourth-order valence-electron chi connectivity index (χ4n) is 3.74. The van der Waals surface area contributed by atoms with Gasteiger partial charge in [-0.05, 0) is 42.5 Å². The first kappa shape index (κ1) is 20.3. The molecule has 0 fully saturated rings. The number of nitrogens with one attached hydrogen (secondary N) is 1. The molecule has 0 aliphatic rings. The van der Waals surface area contributed by atoms with Gasteiger partial charge in [-0.25, -0.2) is 4.79 Å². The SMILES string of the molecule is COC(=O)c1c(CN[C@@H](c2ccc(C)cc2)c2cccs2)nc2ccccc2c1C. The van der Waals surface area contributed by atoms with E-state index in [0.29, 0.717) is 17.8 Å². The number of nitrogens with zero attached hydrogens (tertiary/aromatic N) is 1. The molecule has 0 aliphatic carbocycles. The Bertz CT molecular complexity index is 1170. The normalized spacial score (nSPS) is 12.1. The molecule has 0 saturated heterocycles. The number of methoxy groups -OCH3 is 1. The van der Waals surface area contributed by atoms with Crippen molar-refractivity contribution in [2.45, 2.75) is 26.4 Å². The Morgan fingerprint density at radius 1 is 1.07 bits per heavy atom. The third-order valence-corrected chi connectivity index (χ3v) is 6.27. The van der Waals surface area contributed by atoms with Crippen LogP contribution in [0.4, 0.5) is 0 Å². The van der Waals surface area contributed by atoms with Gasteiger partial charge in [0, 0.05) is 16.8 Å². The van der Waals surface area contributed by atoms with Crippen LogP contribution in [0.3, 0.4) is 0 Å². The predicted molar refractivity (Wildman–Crippen MR) is 122 cm³/mol. The van der Waals surface area contributed by atoms with Crippen LogP contribution in [0, 0.1) is 13.8 Å². The van der Waals surface area contributed by atoms with E-state index in [4.69, 9.17) is 9.72 Å². The Balaban J connectivity index is 1.73. The Kier molecular flexibility index (Phi) is 5.93. The minimum atomic E-state index is -0.356. The van der Waals surface area contributed by atoms with Gasteiger partial charge in [0.05, 0.1) is 29.9 Å². The van der Waals surface area contributed by atoms with E-state index in [1.165, 1.54) is 23.1 Å². The zero-order chi connectivity index (χ0) is 21.1. The van der Waals surface area contributed by atoms with Crippen LogP contribution in [0.15, 0.2) is 66.0 Å². The van der Waals surface area contributed by atoms with Gasteiger partial charge in [-0.3, -0.25) is 10.3 Å². The van der Waals surface area contributed by atoms with E-state index in [0.717, 1.165) is 16.5 Å². The van der Waals surface area contributed by atoms with Crippen LogP contribution in [-0.4, -0.2) is 18.1 Å².